The molecule has 3 nitrogen and oxygen atoms in total. The van der Waals surface area contributed by atoms with Gasteiger partial charge in [0.2, 0.25) is 0 Å². The van der Waals surface area contributed by atoms with Gasteiger partial charge in [-0.2, -0.15) is 0 Å². The van der Waals surface area contributed by atoms with E-state index in [1.165, 1.54) is 12.1 Å². The Morgan fingerprint density at radius 2 is 1.63 bits per heavy atom. The van der Waals surface area contributed by atoms with Crippen molar-refractivity contribution in [2.75, 3.05) is 12.4 Å². The van der Waals surface area contributed by atoms with Crippen LogP contribution in [0.15, 0.2) is 60.7 Å². The zero-order chi connectivity index (χ0) is 19.2. The molecule has 0 aliphatic heterocycles. The number of anilines is 1. The quantitative estimate of drug-likeness (QED) is 0.497. The van der Waals surface area contributed by atoms with Crippen molar-refractivity contribution >= 4 is 28.9 Å². The minimum atomic E-state index is -0.271. The molecule has 0 aromatic heterocycles. The number of methoxy groups -OCH3 is 1. The van der Waals surface area contributed by atoms with Crippen LogP contribution in [0.1, 0.15) is 11.1 Å². The van der Waals surface area contributed by atoms with E-state index in [-0.39, 0.29) is 5.82 Å². The van der Waals surface area contributed by atoms with Crippen LogP contribution in [-0.4, -0.2) is 7.11 Å². The smallest absolute Gasteiger partial charge is 0.180 e. The molecule has 0 fully saturated rings. The van der Waals surface area contributed by atoms with Gasteiger partial charge in [0, 0.05) is 17.3 Å². The second kappa shape index (κ2) is 8.98. The molecule has 0 heterocycles. The van der Waals surface area contributed by atoms with Crippen molar-refractivity contribution in [1.82, 2.24) is 0 Å². The fourth-order valence-corrected chi connectivity index (χ4v) is 2.94. The van der Waals surface area contributed by atoms with Crippen molar-refractivity contribution in [3.8, 4) is 11.5 Å². The third kappa shape index (κ3) is 5.28. The first-order valence-corrected chi connectivity index (χ1v) is 9.04. The number of hydrogen-bond donors (Lipinski definition) is 1. The summed E-state index contributed by atoms with van der Waals surface area (Å²) in [6, 6.07) is 17.3. The number of hydrogen-bond acceptors (Lipinski definition) is 3. The van der Waals surface area contributed by atoms with Gasteiger partial charge in [0.15, 0.2) is 11.5 Å². The summed E-state index contributed by atoms with van der Waals surface area (Å²) >= 11 is 12.3. The van der Waals surface area contributed by atoms with Crippen LogP contribution >= 0.6 is 23.2 Å². The molecule has 6 heteroatoms. The highest BCUT2D eigenvalue weighted by molar-refractivity contribution is 6.32. The van der Waals surface area contributed by atoms with Gasteiger partial charge in [-0.25, -0.2) is 4.39 Å². The molecule has 0 unspecified atom stereocenters. The molecule has 0 aliphatic carbocycles. The predicted molar refractivity (Wildman–Crippen MR) is 108 cm³/mol. The Hall–Kier alpha value is -2.43. The van der Waals surface area contributed by atoms with Gasteiger partial charge in [0.25, 0.3) is 0 Å². The highest BCUT2D eigenvalue weighted by Crippen LogP contribution is 2.37. The molecule has 3 aromatic carbocycles. The zero-order valence-electron chi connectivity index (χ0n) is 14.6. The molecule has 0 saturated heterocycles. The number of rotatable bonds is 7. The first-order chi connectivity index (χ1) is 13.0. The summed E-state index contributed by atoms with van der Waals surface area (Å²) in [5.74, 6) is 0.763. The molecular formula is C21H18Cl2FNO2. The van der Waals surface area contributed by atoms with Crippen LogP contribution in [0.4, 0.5) is 10.1 Å². The van der Waals surface area contributed by atoms with E-state index in [2.05, 4.69) is 5.32 Å². The summed E-state index contributed by atoms with van der Waals surface area (Å²) in [6.45, 7) is 0.861. The normalized spacial score (nSPS) is 10.5. The van der Waals surface area contributed by atoms with Crippen molar-refractivity contribution in [3.63, 3.8) is 0 Å². The van der Waals surface area contributed by atoms with E-state index in [9.17, 15) is 4.39 Å². The summed E-state index contributed by atoms with van der Waals surface area (Å²) in [5.41, 5.74) is 2.70. The van der Waals surface area contributed by atoms with E-state index in [4.69, 9.17) is 32.7 Å². The van der Waals surface area contributed by atoms with E-state index in [1.54, 1.807) is 19.2 Å². The molecule has 27 heavy (non-hydrogen) atoms. The molecule has 0 radical (unpaired) electrons. The molecule has 0 saturated carbocycles. The molecular weight excluding hydrogens is 388 g/mol. The lowest BCUT2D eigenvalue weighted by molar-refractivity contribution is 0.284. The first kappa shape index (κ1) is 19.3. The predicted octanol–water partition coefficient (Wildman–Crippen LogP) is 6.33. The van der Waals surface area contributed by atoms with Gasteiger partial charge in [-0.1, -0.05) is 35.3 Å². The van der Waals surface area contributed by atoms with Gasteiger partial charge in [0.1, 0.15) is 12.4 Å². The van der Waals surface area contributed by atoms with Crippen molar-refractivity contribution in [1.29, 1.82) is 0 Å². The van der Waals surface area contributed by atoms with E-state index < -0.39 is 0 Å². The molecule has 0 bridgehead atoms. The number of halogens is 3. The molecule has 0 atom stereocenters. The molecule has 0 aliphatic rings. The largest absolute Gasteiger partial charge is 0.493 e. The molecule has 140 valence electrons. The van der Waals surface area contributed by atoms with Gasteiger partial charge in [-0.15, -0.1) is 0 Å². The molecule has 3 rings (SSSR count). The highest BCUT2D eigenvalue weighted by Gasteiger charge is 2.12. The first-order valence-electron chi connectivity index (χ1n) is 8.28. The minimum Gasteiger partial charge on any atom is -0.493 e. The molecule has 0 spiro atoms. The van der Waals surface area contributed by atoms with E-state index in [1.807, 2.05) is 36.4 Å². The van der Waals surface area contributed by atoms with Gasteiger partial charge in [-0.05, 0) is 59.7 Å². The Bertz CT molecular complexity index is 899. The van der Waals surface area contributed by atoms with Crippen molar-refractivity contribution in [2.24, 2.45) is 0 Å². The molecule has 0 amide bonds. The fraction of sp³-hybridized carbons (Fsp3) is 0.143. The maximum absolute atomic E-state index is 13.0. The van der Waals surface area contributed by atoms with Crippen LogP contribution < -0.4 is 14.8 Å². The topological polar surface area (TPSA) is 30.5 Å². The van der Waals surface area contributed by atoms with Crippen molar-refractivity contribution in [2.45, 2.75) is 13.2 Å². The van der Waals surface area contributed by atoms with E-state index >= 15 is 0 Å². The summed E-state index contributed by atoms with van der Waals surface area (Å²) in [7, 11) is 1.57. The number of nitrogens with one attached hydrogen (secondary N) is 1. The monoisotopic (exact) mass is 405 g/mol. The van der Waals surface area contributed by atoms with Crippen LogP contribution in [0.2, 0.25) is 10.0 Å². The Kier molecular flexibility index (Phi) is 6.43. The van der Waals surface area contributed by atoms with Crippen LogP contribution in [0.25, 0.3) is 0 Å². The second-order valence-electron chi connectivity index (χ2n) is 5.88. The fourth-order valence-electron chi connectivity index (χ4n) is 2.52. The average molecular weight is 406 g/mol. The van der Waals surface area contributed by atoms with Crippen LogP contribution in [0.3, 0.4) is 0 Å². The lowest BCUT2D eigenvalue weighted by Crippen LogP contribution is -2.02. The van der Waals surface area contributed by atoms with E-state index in [0.29, 0.717) is 34.7 Å². The summed E-state index contributed by atoms with van der Waals surface area (Å²) < 4.78 is 24.3. The maximum Gasteiger partial charge on any atom is 0.180 e. The standard InChI is InChI=1S/C21H18Cl2FNO2/c1-26-20-11-15(12-25-18-8-6-17(24)7-9-18)10-19(23)21(20)27-13-14-2-4-16(22)5-3-14/h2-11,25H,12-13H2,1H3. The summed E-state index contributed by atoms with van der Waals surface area (Å²) in [5, 5.41) is 4.35. The van der Waals surface area contributed by atoms with Crippen molar-refractivity contribution in [3.05, 3.63) is 87.7 Å². The van der Waals surface area contributed by atoms with Crippen LogP contribution in [0, 0.1) is 5.82 Å². The molecule has 3 aromatic rings. The van der Waals surface area contributed by atoms with Crippen LogP contribution in [0.5, 0.6) is 11.5 Å². The number of ether oxygens (including phenoxy) is 2. The highest BCUT2D eigenvalue weighted by atomic mass is 35.5. The SMILES string of the molecule is COc1cc(CNc2ccc(F)cc2)cc(Cl)c1OCc1ccc(Cl)cc1. The van der Waals surface area contributed by atoms with Gasteiger partial charge < -0.3 is 14.8 Å². The van der Waals surface area contributed by atoms with Gasteiger partial charge >= 0.3 is 0 Å². The van der Waals surface area contributed by atoms with Crippen molar-refractivity contribution < 1.29 is 13.9 Å². The van der Waals surface area contributed by atoms with Gasteiger partial charge in [-0.3, -0.25) is 0 Å². The maximum atomic E-state index is 13.0. The average Bonchev–Trinajstić information content (AvgIpc) is 2.67. The Labute approximate surface area is 167 Å². The van der Waals surface area contributed by atoms with Crippen LogP contribution in [-0.2, 0) is 13.2 Å². The molecule has 1 N–H and O–H groups in total. The summed E-state index contributed by atoms with van der Waals surface area (Å²) in [4.78, 5) is 0. The Balaban J connectivity index is 1.70. The second-order valence-corrected chi connectivity index (χ2v) is 6.73. The van der Waals surface area contributed by atoms with Gasteiger partial charge in [0.05, 0.1) is 12.1 Å². The minimum absolute atomic E-state index is 0.271. The number of benzene rings is 3. The third-order valence-electron chi connectivity index (χ3n) is 3.93. The Morgan fingerprint density at radius 3 is 2.30 bits per heavy atom. The Morgan fingerprint density at radius 1 is 0.926 bits per heavy atom. The zero-order valence-corrected chi connectivity index (χ0v) is 16.1. The van der Waals surface area contributed by atoms with E-state index in [0.717, 1.165) is 16.8 Å². The third-order valence-corrected chi connectivity index (χ3v) is 4.46. The lowest BCUT2D eigenvalue weighted by Gasteiger charge is -2.15. The summed E-state index contributed by atoms with van der Waals surface area (Å²) in [6.07, 6.45) is 0. The lowest BCUT2D eigenvalue weighted by atomic mass is 10.2.